The van der Waals surface area contributed by atoms with Crippen LogP contribution in [0.3, 0.4) is 0 Å². The SMILES string of the molecule is O=C(O)c1ccc(OC(c2ccc(Cl)cc2)c2ccc(Cl)cc2Cl)c(Cl)c1. The minimum absolute atomic E-state index is 0.0694. The third-order valence-electron chi connectivity index (χ3n) is 3.84. The number of benzene rings is 3. The molecule has 1 N–H and O–H groups in total. The molecule has 0 saturated heterocycles. The van der Waals surface area contributed by atoms with E-state index in [1.165, 1.54) is 18.2 Å². The molecule has 138 valence electrons. The smallest absolute Gasteiger partial charge is 0.335 e. The lowest BCUT2D eigenvalue weighted by atomic mass is 10.0. The summed E-state index contributed by atoms with van der Waals surface area (Å²) in [6.07, 6.45) is -0.597. The highest BCUT2D eigenvalue weighted by molar-refractivity contribution is 6.35. The molecule has 3 nitrogen and oxygen atoms in total. The summed E-state index contributed by atoms with van der Waals surface area (Å²) in [4.78, 5) is 11.1. The molecule has 0 aliphatic rings. The normalized spacial score (nSPS) is 11.9. The molecule has 0 aliphatic carbocycles. The van der Waals surface area contributed by atoms with Gasteiger partial charge in [-0.25, -0.2) is 4.79 Å². The minimum atomic E-state index is -1.07. The molecule has 3 rings (SSSR count). The van der Waals surface area contributed by atoms with Crippen LogP contribution in [0, 0.1) is 0 Å². The first-order valence-electron chi connectivity index (χ1n) is 7.75. The van der Waals surface area contributed by atoms with Gasteiger partial charge in [0.2, 0.25) is 0 Å². The van der Waals surface area contributed by atoms with Crippen molar-refractivity contribution in [3.05, 3.63) is 97.4 Å². The van der Waals surface area contributed by atoms with E-state index in [4.69, 9.17) is 56.2 Å². The molecule has 7 heteroatoms. The first kappa shape index (κ1) is 19.8. The van der Waals surface area contributed by atoms with Crippen LogP contribution in [0.2, 0.25) is 20.1 Å². The Balaban J connectivity index is 2.05. The van der Waals surface area contributed by atoms with Crippen LogP contribution in [0.1, 0.15) is 27.6 Å². The van der Waals surface area contributed by atoms with Crippen molar-refractivity contribution in [1.29, 1.82) is 0 Å². The van der Waals surface area contributed by atoms with Crippen molar-refractivity contribution in [3.63, 3.8) is 0 Å². The number of ether oxygens (including phenoxy) is 1. The van der Waals surface area contributed by atoms with Crippen LogP contribution in [0.4, 0.5) is 0 Å². The van der Waals surface area contributed by atoms with E-state index in [9.17, 15) is 4.79 Å². The lowest BCUT2D eigenvalue weighted by molar-refractivity contribution is 0.0697. The zero-order valence-corrected chi connectivity index (χ0v) is 16.7. The molecule has 0 aliphatic heterocycles. The Kier molecular flexibility index (Phi) is 6.18. The maximum atomic E-state index is 11.1. The third-order valence-corrected chi connectivity index (χ3v) is 4.95. The Morgan fingerprint density at radius 3 is 2.07 bits per heavy atom. The maximum absolute atomic E-state index is 11.1. The van der Waals surface area contributed by atoms with E-state index in [1.54, 1.807) is 30.3 Å². The van der Waals surface area contributed by atoms with Gasteiger partial charge >= 0.3 is 5.97 Å². The molecule has 0 spiro atoms. The highest BCUT2D eigenvalue weighted by atomic mass is 35.5. The van der Waals surface area contributed by atoms with E-state index in [-0.39, 0.29) is 10.6 Å². The fourth-order valence-electron chi connectivity index (χ4n) is 2.52. The molecule has 0 saturated carbocycles. The summed E-state index contributed by atoms with van der Waals surface area (Å²) >= 11 is 24.6. The van der Waals surface area contributed by atoms with Crippen molar-refractivity contribution >= 4 is 52.4 Å². The first-order valence-corrected chi connectivity index (χ1v) is 9.26. The first-order chi connectivity index (χ1) is 12.8. The summed E-state index contributed by atoms with van der Waals surface area (Å²) < 4.78 is 6.12. The van der Waals surface area contributed by atoms with E-state index in [2.05, 4.69) is 0 Å². The van der Waals surface area contributed by atoms with E-state index < -0.39 is 12.1 Å². The van der Waals surface area contributed by atoms with Gasteiger partial charge in [0.05, 0.1) is 10.6 Å². The van der Waals surface area contributed by atoms with Crippen molar-refractivity contribution in [1.82, 2.24) is 0 Å². The van der Waals surface area contributed by atoms with Crippen LogP contribution in [0.5, 0.6) is 5.75 Å². The monoisotopic (exact) mass is 440 g/mol. The van der Waals surface area contributed by atoms with Gasteiger partial charge < -0.3 is 9.84 Å². The molecule has 0 amide bonds. The number of halogens is 4. The summed E-state index contributed by atoms with van der Waals surface area (Å²) in [5.74, 6) is -0.744. The predicted molar refractivity (Wildman–Crippen MR) is 109 cm³/mol. The largest absolute Gasteiger partial charge is 0.479 e. The molecule has 0 fully saturated rings. The third kappa shape index (κ3) is 4.69. The molecule has 0 aromatic heterocycles. The van der Waals surface area contributed by atoms with E-state index >= 15 is 0 Å². The number of hydrogen-bond donors (Lipinski definition) is 1. The van der Waals surface area contributed by atoms with Crippen molar-refractivity contribution in [2.75, 3.05) is 0 Å². The average Bonchev–Trinajstić information content (AvgIpc) is 2.62. The lowest BCUT2D eigenvalue weighted by Gasteiger charge is -2.22. The standard InChI is InChI=1S/C20H12Cl4O3/c21-13-4-1-11(2-5-13)19(15-7-6-14(22)10-16(15)23)27-18-8-3-12(20(25)26)9-17(18)24/h1-10,19H,(H,25,26). The Morgan fingerprint density at radius 2 is 1.48 bits per heavy atom. The molecule has 27 heavy (non-hydrogen) atoms. The maximum Gasteiger partial charge on any atom is 0.335 e. The summed E-state index contributed by atoms with van der Waals surface area (Å²) in [7, 11) is 0. The molecule has 1 unspecified atom stereocenters. The number of carbonyl (C=O) groups is 1. The zero-order valence-electron chi connectivity index (χ0n) is 13.6. The molecule has 1 atom stereocenters. The molecule has 3 aromatic carbocycles. The highest BCUT2D eigenvalue weighted by Crippen LogP contribution is 2.37. The second-order valence-electron chi connectivity index (χ2n) is 5.67. The van der Waals surface area contributed by atoms with Crippen LogP contribution >= 0.6 is 46.4 Å². The summed E-state index contributed by atoms with van der Waals surface area (Å²) in [5, 5.41) is 10.8. The van der Waals surface area contributed by atoms with Gasteiger partial charge in [0, 0.05) is 20.6 Å². The van der Waals surface area contributed by atoms with Crippen LogP contribution < -0.4 is 4.74 Å². The summed E-state index contributed by atoms with van der Waals surface area (Å²) in [6.45, 7) is 0. The average molecular weight is 442 g/mol. The van der Waals surface area contributed by atoms with Crippen molar-refractivity contribution < 1.29 is 14.6 Å². The summed E-state index contributed by atoms with van der Waals surface area (Å²) in [6, 6.07) is 16.5. The van der Waals surface area contributed by atoms with E-state index in [1.807, 2.05) is 12.1 Å². The van der Waals surface area contributed by atoms with Gasteiger partial charge in [-0.2, -0.15) is 0 Å². The Bertz CT molecular complexity index is 987. The van der Waals surface area contributed by atoms with Crippen molar-refractivity contribution in [3.8, 4) is 5.75 Å². The van der Waals surface area contributed by atoms with Gasteiger partial charge in [0.1, 0.15) is 5.75 Å². The van der Waals surface area contributed by atoms with E-state index in [0.29, 0.717) is 26.4 Å². The number of carboxylic acids is 1. The van der Waals surface area contributed by atoms with Gasteiger partial charge in [0.25, 0.3) is 0 Å². The second kappa shape index (κ2) is 8.41. The lowest BCUT2D eigenvalue weighted by Crippen LogP contribution is -2.11. The predicted octanol–water partition coefficient (Wildman–Crippen LogP) is 7.17. The Labute approximate surface area is 176 Å². The second-order valence-corrected chi connectivity index (χ2v) is 7.35. The molecule has 0 bridgehead atoms. The van der Waals surface area contributed by atoms with E-state index in [0.717, 1.165) is 5.56 Å². The van der Waals surface area contributed by atoms with Gasteiger partial charge in [-0.05, 0) is 48.0 Å². The fourth-order valence-corrected chi connectivity index (χ4v) is 3.38. The number of aromatic carboxylic acids is 1. The molecule has 3 aromatic rings. The van der Waals surface area contributed by atoms with Crippen molar-refractivity contribution in [2.24, 2.45) is 0 Å². The molecule has 0 heterocycles. The zero-order chi connectivity index (χ0) is 19.6. The minimum Gasteiger partial charge on any atom is -0.479 e. The number of rotatable bonds is 5. The molecular weight excluding hydrogens is 430 g/mol. The van der Waals surface area contributed by atoms with Gasteiger partial charge in [-0.3, -0.25) is 0 Å². The Hall–Kier alpha value is -1.91. The number of carboxylic acid groups (broad SMARTS) is 1. The van der Waals surface area contributed by atoms with Crippen LogP contribution in [0.15, 0.2) is 60.7 Å². The molecule has 0 radical (unpaired) electrons. The fraction of sp³-hybridized carbons (Fsp3) is 0.0500. The Morgan fingerprint density at radius 1 is 0.815 bits per heavy atom. The quantitative estimate of drug-likeness (QED) is 0.456. The van der Waals surface area contributed by atoms with Gasteiger partial charge in [-0.1, -0.05) is 64.6 Å². The van der Waals surface area contributed by atoms with Crippen LogP contribution in [0.25, 0.3) is 0 Å². The summed E-state index contributed by atoms with van der Waals surface area (Å²) in [5.41, 5.74) is 1.55. The van der Waals surface area contributed by atoms with Crippen LogP contribution in [-0.4, -0.2) is 11.1 Å². The van der Waals surface area contributed by atoms with Crippen LogP contribution in [-0.2, 0) is 0 Å². The van der Waals surface area contributed by atoms with Crippen molar-refractivity contribution in [2.45, 2.75) is 6.10 Å². The van der Waals surface area contributed by atoms with Gasteiger partial charge in [0.15, 0.2) is 6.10 Å². The van der Waals surface area contributed by atoms with Gasteiger partial charge in [-0.15, -0.1) is 0 Å². The highest BCUT2D eigenvalue weighted by Gasteiger charge is 2.21. The number of hydrogen-bond acceptors (Lipinski definition) is 2. The molecular formula is C20H12Cl4O3. The topological polar surface area (TPSA) is 46.5 Å².